The number of hydrogen-bond acceptors (Lipinski definition) is 4. The lowest BCUT2D eigenvalue weighted by Gasteiger charge is -2.36. The zero-order chi connectivity index (χ0) is 17.0. The Balaban J connectivity index is 1.83. The van der Waals surface area contributed by atoms with E-state index in [-0.39, 0.29) is 6.09 Å². The minimum absolute atomic E-state index is 0.241. The number of carbonyl (C=O) groups excluding carboxylic acids is 1. The molecule has 0 atom stereocenters. The average molecular weight is 353 g/mol. The van der Waals surface area contributed by atoms with Crippen LogP contribution in [-0.4, -0.2) is 52.0 Å². The van der Waals surface area contributed by atoms with Crippen molar-refractivity contribution < 1.29 is 9.53 Å². The maximum Gasteiger partial charge on any atom is 0.410 e. The lowest BCUT2D eigenvalue weighted by Crippen LogP contribution is -2.50. The number of piperazine rings is 1. The van der Waals surface area contributed by atoms with Crippen LogP contribution in [0.15, 0.2) is 29.2 Å². The number of benzene rings is 1. The highest BCUT2D eigenvalue weighted by atomic mass is 32.2. The Kier molecular flexibility index (Phi) is 5.92. The van der Waals surface area contributed by atoms with Crippen molar-refractivity contribution in [2.75, 3.05) is 26.2 Å². The summed E-state index contributed by atoms with van der Waals surface area (Å²) in [7, 11) is 0. The molecule has 0 bridgehead atoms. The summed E-state index contributed by atoms with van der Waals surface area (Å²) >= 11 is 7.14. The normalized spacial score (nSPS) is 15.5. The van der Waals surface area contributed by atoms with E-state index in [1.54, 1.807) is 16.7 Å². The topological polar surface area (TPSA) is 32.8 Å². The largest absolute Gasteiger partial charge is 0.444 e. The summed E-state index contributed by atoms with van der Waals surface area (Å²) in [5, 5.41) is 0. The summed E-state index contributed by atoms with van der Waals surface area (Å²) in [5.41, 5.74) is 0.788. The number of hydrogen-bond donors (Lipinski definition) is 0. The van der Waals surface area contributed by atoms with Gasteiger partial charge in [-0.1, -0.05) is 41.7 Å². The van der Waals surface area contributed by atoms with Crippen molar-refractivity contribution in [1.29, 1.82) is 0 Å². The number of ether oxygens (including phenoxy) is 1. The summed E-state index contributed by atoms with van der Waals surface area (Å²) in [6, 6.07) is 8.35. The second-order valence-electron chi connectivity index (χ2n) is 6.64. The molecule has 23 heavy (non-hydrogen) atoms. The Morgan fingerprint density at radius 3 is 2.13 bits per heavy atom. The fourth-order valence-electron chi connectivity index (χ4n) is 2.17. The standard InChI is InChI=1S/C17H24N2O2S2/c1-13-5-7-14(8-6-13)23-16(22)19-11-9-18(10-12-19)15(20)21-17(2,3)4/h5-8H,9-12H2,1-4H3. The minimum atomic E-state index is -0.454. The first kappa shape index (κ1) is 18.1. The van der Waals surface area contributed by atoms with E-state index in [1.807, 2.05) is 20.8 Å². The predicted octanol–water partition coefficient (Wildman–Crippen LogP) is 3.92. The van der Waals surface area contributed by atoms with Gasteiger partial charge in [-0.15, -0.1) is 0 Å². The van der Waals surface area contributed by atoms with Gasteiger partial charge in [0, 0.05) is 31.1 Å². The number of amides is 1. The number of thiocarbonyl (C=S) groups is 1. The van der Waals surface area contributed by atoms with Crippen LogP contribution in [0.2, 0.25) is 0 Å². The Hall–Kier alpha value is -1.27. The molecule has 1 aliphatic rings. The number of thioether (sulfide) groups is 1. The van der Waals surface area contributed by atoms with Crippen LogP contribution in [0, 0.1) is 6.92 Å². The molecule has 1 aromatic rings. The molecule has 6 heteroatoms. The number of aryl methyl sites for hydroxylation is 1. The second kappa shape index (κ2) is 7.53. The van der Waals surface area contributed by atoms with Gasteiger partial charge >= 0.3 is 6.09 Å². The van der Waals surface area contributed by atoms with E-state index in [0.29, 0.717) is 13.1 Å². The molecule has 1 amide bonds. The molecule has 1 aliphatic heterocycles. The van der Waals surface area contributed by atoms with Gasteiger partial charge in [0.2, 0.25) is 0 Å². The van der Waals surface area contributed by atoms with Crippen LogP contribution in [0.25, 0.3) is 0 Å². The van der Waals surface area contributed by atoms with Crippen molar-refractivity contribution in [3.05, 3.63) is 29.8 Å². The van der Waals surface area contributed by atoms with Crippen LogP contribution in [-0.2, 0) is 4.74 Å². The van der Waals surface area contributed by atoms with E-state index in [9.17, 15) is 4.79 Å². The zero-order valence-electron chi connectivity index (χ0n) is 14.2. The summed E-state index contributed by atoms with van der Waals surface area (Å²) in [4.78, 5) is 17.1. The van der Waals surface area contributed by atoms with Gasteiger partial charge in [-0.2, -0.15) is 0 Å². The van der Waals surface area contributed by atoms with Gasteiger partial charge in [0.05, 0.1) is 0 Å². The second-order valence-corrected chi connectivity index (χ2v) is 8.34. The highest BCUT2D eigenvalue weighted by Crippen LogP contribution is 2.23. The molecule has 1 heterocycles. The monoisotopic (exact) mass is 352 g/mol. The van der Waals surface area contributed by atoms with Gasteiger partial charge in [0.1, 0.15) is 9.92 Å². The van der Waals surface area contributed by atoms with Gasteiger partial charge in [-0.25, -0.2) is 4.79 Å². The molecule has 1 aromatic carbocycles. The summed E-state index contributed by atoms with van der Waals surface area (Å²) in [5.74, 6) is 0. The van der Waals surface area contributed by atoms with E-state index < -0.39 is 5.60 Å². The molecule has 0 radical (unpaired) electrons. The summed E-state index contributed by atoms with van der Waals surface area (Å²) in [6.07, 6.45) is -0.241. The van der Waals surface area contributed by atoms with Crippen LogP contribution in [0.5, 0.6) is 0 Å². The molecule has 2 rings (SSSR count). The Morgan fingerprint density at radius 2 is 1.61 bits per heavy atom. The molecule has 0 saturated carbocycles. The first-order valence-electron chi connectivity index (χ1n) is 7.76. The molecule has 0 aromatic heterocycles. The number of carbonyl (C=O) groups is 1. The molecule has 0 unspecified atom stereocenters. The summed E-state index contributed by atoms with van der Waals surface area (Å²) in [6.45, 7) is 10.5. The molecule has 126 valence electrons. The lowest BCUT2D eigenvalue weighted by atomic mass is 10.2. The highest BCUT2D eigenvalue weighted by molar-refractivity contribution is 8.22. The summed E-state index contributed by atoms with van der Waals surface area (Å²) < 4.78 is 6.27. The van der Waals surface area contributed by atoms with E-state index in [1.165, 1.54) is 5.56 Å². The maximum absolute atomic E-state index is 12.1. The highest BCUT2D eigenvalue weighted by Gasteiger charge is 2.26. The van der Waals surface area contributed by atoms with Crippen LogP contribution >= 0.6 is 24.0 Å². The predicted molar refractivity (Wildman–Crippen MR) is 99.0 cm³/mol. The van der Waals surface area contributed by atoms with Crippen molar-refractivity contribution in [3.8, 4) is 0 Å². The van der Waals surface area contributed by atoms with Crippen molar-refractivity contribution in [1.82, 2.24) is 9.80 Å². The van der Waals surface area contributed by atoms with Gasteiger partial charge in [-0.3, -0.25) is 0 Å². The van der Waals surface area contributed by atoms with Crippen molar-refractivity contribution >= 4 is 34.4 Å². The molecule has 0 N–H and O–H groups in total. The molecule has 1 saturated heterocycles. The van der Waals surface area contributed by atoms with Gasteiger partial charge < -0.3 is 14.5 Å². The first-order chi connectivity index (χ1) is 10.7. The van der Waals surface area contributed by atoms with Crippen LogP contribution in [0.3, 0.4) is 0 Å². The van der Waals surface area contributed by atoms with Gasteiger partial charge in [0.15, 0.2) is 0 Å². The SMILES string of the molecule is Cc1ccc(SC(=S)N2CCN(C(=O)OC(C)(C)C)CC2)cc1. The van der Waals surface area contributed by atoms with Gasteiger partial charge in [0.25, 0.3) is 0 Å². The Morgan fingerprint density at radius 1 is 1.09 bits per heavy atom. The quantitative estimate of drug-likeness (QED) is 0.565. The van der Waals surface area contributed by atoms with Crippen LogP contribution < -0.4 is 0 Å². The maximum atomic E-state index is 12.1. The Labute approximate surface area is 148 Å². The van der Waals surface area contributed by atoms with E-state index >= 15 is 0 Å². The third-order valence-electron chi connectivity index (χ3n) is 3.42. The third kappa shape index (κ3) is 5.70. The molecular weight excluding hydrogens is 328 g/mol. The van der Waals surface area contributed by atoms with Gasteiger partial charge in [-0.05, 0) is 39.8 Å². The Bertz CT molecular complexity index is 559. The third-order valence-corrected chi connectivity index (χ3v) is 4.86. The first-order valence-corrected chi connectivity index (χ1v) is 8.98. The molecular formula is C17H24N2O2S2. The average Bonchev–Trinajstić information content (AvgIpc) is 2.48. The molecule has 1 fully saturated rings. The number of rotatable bonds is 1. The fraction of sp³-hybridized carbons (Fsp3) is 0.529. The van der Waals surface area contributed by atoms with Crippen molar-refractivity contribution in [3.63, 3.8) is 0 Å². The number of nitrogens with zero attached hydrogens (tertiary/aromatic N) is 2. The van der Waals surface area contributed by atoms with Crippen LogP contribution in [0.4, 0.5) is 4.79 Å². The van der Waals surface area contributed by atoms with E-state index in [4.69, 9.17) is 17.0 Å². The molecule has 0 spiro atoms. The zero-order valence-corrected chi connectivity index (χ0v) is 15.8. The van der Waals surface area contributed by atoms with Crippen molar-refractivity contribution in [2.24, 2.45) is 0 Å². The van der Waals surface area contributed by atoms with Crippen LogP contribution in [0.1, 0.15) is 26.3 Å². The van der Waals surface area contributed by atoms with E-state index in [2.05, 4.69) is 36.1 Å². The van der Waals surface area contributed by atoms with Crippen molar-refractivity contribution in [2.45, 2.75) is 38.2 Å². The molecule has 0 aliphatic carbocycles. The lowest BCUT2D eigenvalue weighted by molar-refractivity contribution is 0.0189. The fourth-order valence-corrected chi connectivity index (χ4v) is 3.43. The minimum Gasteiger partial charge on any atom is -0.444 e. The van der Waals surface area contributed by atoms with E-state index in [0.717, 1.165) is 22.3 Å². The smallest absolute Gasteiger partial charge is 0.410 e. The molecule has 4 nitrogen and oxygen atoms in total.